The van der Waals surface area contributed by atoms with Crippen LogP contribution >= 0.6 is 0 Å². The number of rotatable bonds is 7. The second-order valence-corrected chi connectivity index (χ2v) is 9.02. The van der Waals surface area contributed by atoms with Gasteiger partial charge >= 0.3 is 0 Å². The fourth-order valence-corrected chi connectivity index (χ4v) is 4.62. The van der Waals surface area contributed by atoms with E-state index in [2.05, 4.69) is 86.1 Å². The monoisotopic (exact) mass is 410 g/mol. The molecule has 1 fully saturated rings. The molecule has 0 saturated heterocycles. The topological polar surface area (TPSA) is 0 Å². The Morgan fingerprint density at radius 1 is 0.710 bits per heavy atom. The minimum absolute atomic E-state index is 0.747. The van der Waals surface area contributed by atoms with Crippen LogP contribution in [0.15, 0.2) is 48.5 Å². The first kappa shape index (κ1) is 23.2. The van der Waals surface area contributed by atoms with Crippen molar-refractivity contribution in [1.82, 2.24) is 0 Å². The second kappa shape index (κ2) is 13.1. The molecular weight excluding hydrogens is 372 g/mol. The molecule has 0 bridgehead atoms. The van der Waals surface area contributed by atoms with Gasteiger partial charge in [0.15, 0.2) is 0 Å². The molecule has 1 aliphatic rings. The van der Waals surface area contributed by atoms with Crippen LogP contribution in [0.4, 0.5) is 0 Å². The van der Waals surface area contributed by atoms with Crippen LogP contribution in [-0.2, 0) is 6.42 Å². The molecular formula is C31H38. The summed E-state index contributed by atoms with van der Waals surface area (Å²) in [5.74, 6) is 14.7. The predicted octanol–water partition coefficient (Wildman–Crippen LogP) is 8.29. The molecule has 0 N–H and O–H groups in total. The molecule has 3 rings (SSSR count). The largest absolute Gasteiger partial charge is 0.103 e. The van der Waals surface area contributed by atoms with Crippen LogP contribution in [0.2, 0.25) is 0 Å². The van der Waals surface area contributed by atoms with E-state index in [1.807, 2.05) is 0 Å². The highest BCUT2D eigenvalue weighted by atomic mass is 14.3. The third-order valence-electron chi connectivity index (χ3n) is 6.59. The van der Waals surface area contributed by atoms with Crippen LogP contribution in [0.25, 0.3) is 0 Å². The van der Waals surface area contributed by atoms with Gasteiger partial charge in [-0.25, -0.2) is 0 Å². The summed E-state index contributed by atoms with van der Waals surface area (Å²) in [6, 6.07) is 17.5. The van der Waals surface area contributed by atoms with Crippen molar-refractivity contribution in [1.29, 1.82) is 0 Å². The van der Waals surface area contributed by atoms with E-state index in [1.165, 1.54) is 68.9 Å². The molecule has 0 aliphatic heterocycles. The van der Waals surface area contributed by atoms with Crippen LogP contribution in [0.5, 0.6) is 0 Å². The normalized spacial score (nSPS) is 17.9. The highest BCUT2D eigenvalue weighted by Crippen LogP contribution is 2.37. The molecule has 31 heavy (non-hydrogen) atoms. The van der Waals surface area contributed by atoms with Crippen molar-refractivity contribution in [2.45, 2.75) is 90.4 Å². The van der Waals surface area contributed by atoms with Gasteiger partial charge < -0.3 is 0 Å². The summed E-state index contributed by atoms with van der Waals surface area (Å²) >= 11 is 0. The average molecular weight is 411 g/mol. The van der Waals surface area contributed by atoms with Crippen molar-refractivity contribution >= 4 is 0 Å². The zero-order valence-corrected chi connectivity index (χ0v) is 19.6. The lowest BCUT2D eigenvalue weighted by molar-refractivity contribution is 0.302. The number of benzene rings is 2. The molecule has 0 spiro atoms. The van der Waals surface area contributed by atoms with Crippen LogP contribution < -0.4 is 0 Å². The van der Waals surface area contributed by atoms with Crippen molar-refractivity contribution in [2.75, 3.05) is 0 Å². The Morgan fingerprint density at radius 2 is 1.35 bits per heavy atom. The van der Waals surface area contributed by atoms with E-state index in [1.54, 1.807) is 0 Å². The van der Waals surface area contributed by atoms with E-state index in [9.17, 15) is 0 Å². The molecule has 0 amide bonds. The van der Waals surface area contributed by atoms with Gasteiger partial charge in [-0.15, -0.1) is 5.92 Å². The van der Waals surface area contributed by atoms with Gasteiger partial charge in [0.1, 0.15) is 0 Å². The fourth-order valence-electron chi connectivity index (χ4n) is 4.62. The molecule has 0 atom stereocenters. The number of hydrogen-bond donors (Lipinski definition) is 0. The van der Waals surface area contributed by atoms with E-state index in [0.717, 1.165) is 35.8 Å². The highest BCUT2D eigenvalue weighted by Gasteiger charge is 2.21. The summed E-state index contributed by atoms with van der Waals surface area (Å²) in [5.41, 5.74) is 4.93. The number of unbranched alkanes of at least 4 members (excludes halogenated alkanes) is 3. The number of hydrogen-bond acceptors (Lipinski definition) is 0. The van der Waals surface area contributed by atoms with E-state index in [4.69, 9.17) is 0 Å². The Hall–Kier alpha value is -2.44. The minimum Gasteiger partial charge on any atom is -0.103 e. The molecule has 162 valence electrons. The standard InChI is InChI=1S/C31H38/c1-3-5-7-9-11-27-18-22-30(23-19-27)31-24-20-29(21-25-31)17-16-28-14-12-26(13-15-28)10-8-6-4-2/h12-15,20-21,24-25,27,30H,3-5,7,9-11,18-19,22-23H2,1-2H3. The van der Waals surface area contributed by atoms with Crippen molar-refractivity contribution in [2.24, 2.45) is 5.92 Å². The SMILES string of the molecule is CCC#CCc1ccc(C#Cc2ccc(C3CCC(CCCCCC)CC3)cc2)cc1. The quantitative estimate of drug-likeness (QED) is 0.318. The Bertz CT molecular complexity index is 885. The molecule has 0 unspecified atom stereocenters. The summed E-state index contributed by atoms with van der Waals surface area (Å²) in [4.78, 5) is 0. The lowest BCUT2D eigenvalue weighted by Gasteiger charge is -2.29. The third kappa shape index (κ3) is 7.96. The molecule has 1 saturated carbocycles. The Balaban J connectivity index is 1.48. The van der Waals surface area contributed by atoms with Crippen LogP contribution in [0, 0.1) is 29.6 Å². The Kier molecular flexibility index (Phi) is 9.80. The van der Waals surface area contributed by atoms with Gasteiger partial charge in [0.25, 0.3) is 0 Å². The zero-order chi connectivity index (χ0) is 21.7. The van der Waals surface area contributed by atoms with E-state index in [-0.39, 0.29) is 0 Å². The summed E-state index contributed by atoms with van der Waals surface area (Å²) < 4.78 is 0. The molecule has 0 aromatic heterocycles. The van der Waals surface area contributed by atoms with E-state index in [0.29, 0.717) is 0 Å². The maximum Gasteiger partial charge on any atom is 0.0340 e. The summed E-state index contributed by atoms with van der Waals surface area (Å²) in [6.07, 6.45) is 14.4. The van der Waals surface area contributed by atoms with Gasteiger partial charge in [-0.05, 0) is 72.9 Å². The lowest BCUT2D eigenvalue weighted by atomic mass is 9.77. The molecule has 0 heterocycles. The average Bonchev–Trinajstić information content (AvgIpc) is 2.82. The predicted molar refractivity (Wildman–Crippen MR) is 134 cm³/mol. The maximum atomic E-state index is 3.33. The van der Waals surface area contributed by atoms with Crippen molar-refractivity contribution < 1.29 is 0 Å². The van der Waals surface area contributed by atoms with E-state index < -0.39 is 0 Å². The second-order valence-electron chi connectivity index (χ2n) is 9.02. The zero-order valence-electron chi connectivity index (χ0n) is 19.6. The van der Waals surface area contributed by atoms with Crippen LogP contribution in [0.1, 0.15) is 106 Å². The third-order valence-corrected chi connectivity index (χ3v) is 6.59. The van der Waals surface area contributed by atoms with Gasteiger partial charge in [0, 0.05) is 24.0 Å². The van der Waals surface area contributed by atoms with E-state index >= 15 is 0 Å². The van der Waals surface area contributed by atoms with Gasteiger partial charge in [0.05, 0.1) is 0 Å². The molecule has 0 nitrogen and oxygen atoms in total. The van der Waals surface area contributed by atoms with Gasteiger partial charge in [-0.2, -0.15) is 0 Å². The van der Waals surface area contributed by atoms with Crippen molar-refractivity contribution in [3.05, 3.63) is 70.8 Å². The summed E-state index contributed by atoms with van der Waals surface area (Å²) in [5, 5.41) is 0. The highest BCUT2D eigenvalue weighted by molar-refractivity contribution is 5.44. The summed E-state index contributed by atoms with van der Waals surface area (Å²) in [7, 11) is 0. The fraction of sp³-hybridized carbons (Fsp3) is 0.484. The van der Waals surface area contributed by atoms with Gasteiger partial charge in [0.2, 0.25) is 0 Å². The Labute approximate surface area is 190 Å². The summed E-state index contributed by atoms with van der Waals surface area (Å²) in [6.45, 7) is 4.38. The molecule has 1 aliphatic carbocycles. The van der Waals surface area contributed by atoms with Crippen molar-refractivity contribution in [3.8, 4) is 23.7 Å². The lowest BCUT2D eigenvalue weighted by Crippen LogP contribution is -2.13. The smallest absolute Gasteiger partial charge is 0.0340 e. The molecule has 2 aromatic rings. The first-order valence-corrected chi connectivity index (χ1v) is 12.4. The van der Waals surface area contributed by atoms with Crippen LogP contribution in [-0.4, -0.2) is 0 Å². The van der Waals surface area contributed by atoms with Crippen LogP contribution in [0.3, 0.4) is 0 Å². The molecule has 0 radical (unpaired) electrons. The first-order valence-electron chi connectivity index (χ1n) is 12.4. The molecule has 0 heteroatoms. The van der Waals surface area contributed by atoms with Gasteiger partial charge in [-0.3, -0.25) is 0 Å². The van der Waals surface area contributed by atoms with Crippen molar-refractivity contribution in [3.63, 3.8) is 0 Å². The first-order chi connectivity index (χ1) is 15.3. The maximum absolute atomic E-state index is 3.33. The minimum atomic E-state index is 0.747. The molecule has 2 aromatic carbocycles. The van der Waals surface area contributed by atoms with Gasteiger partial charge in [-0.1, -0.05) is 88.0 Å². The Morgan fingerprint density at radius 3 is 1.97 bits per heavy atom.